The van der Waals surface area contributed by atoms with Crippen LogP contribution in [0.3, 0.4) is 0 Å². The van der Waals surface area contributed by atoms with Crippen LogP contribution in [0.1, 0.15) is 40.5 Å². The Kier molecular flexibility index (Phi) is 5.46. The van der Waals surface area contributed by atoms with Crippen molar-refractivity contribution in [1.82, 2.24) is 15.5 Å². The monoisotopic (exact) mass is 297 g/mol. The molecular formula is C14H23N3O4. The van der Waals surface area contributed by atoms with E-state index in [4.69, 9.17) is 0 Å². The largest absolute Gasteiger partial charge is 0.356 e. The molecule has 1 aliphatic heterocycles. The second-order valence-corrected chi connectivity index (χ2v) is 6.22. The van der Waals surface area contributed by atoms with E-state index >= 15 is 0 Å². The third-order valence-corrected chi connectivity index (χ3v) is 3.28. The summed E-state index contributed by atoms with van der Waals surface area (Å²) in [4.78, 5) is 47.7. The summed E-state index contributed by atoms with van der Waals surface area (Å²) in [6, 6.07) is -0.639. The molecule has 0 spiro atoms. The molecule has 0 bridgehead atoms. The van der Waals surface area contributed by atoms with Crippen molar-refractivity contribution in [3.05, 3.63) is 0 Å². The lowest BCUT2D eigenvalue weighted by Gasteiger charge is -2.31. The molecule has 0 aliphatic carbocycles. The maximum absolute atomic E-state index is 12.0. The van der Waals surface area contributed by atoms with Crippen molar-refractivity contribution in [3.8, 4) is 0 Å². The summed E-state index contributed by atoms with van der Waals surface area (Å²) < 4.78 is 0. The molecule has 0 aromatic heterocycles. The van der Waals surface area contributed by atoms with Gasteiger partial charge < -0.3 is 10.2 Å². The molecule has 0 aromatic carbocycles. The Balaban J connectivity index is 2.39. The Hall–Kier alpha value is -1.92. The summed E-state index contributed by atoms with van der Waals surface area (Å²) in [5.41, 5.74) is -0.462. The average molecular weight is 297 g/mol. The van der Waals surface area contributed by atoms with Crippen LogP contribution in [-0.2, 0) is 19.2 Å². The van der Waals surface area contributed by atoms with E-state index in [1.165, 1.54) is 4.90 Å². The van der Waals surface area contributed by atoms with Gasteiger partial charge in [-0.15, -0.1) is 0 Å². The number of carbonyl (C=O) groups is 4. The normalized spacial score (nSPS) is 19.2. The molecule has 7 heteroatoms. The van der Waals surface area contributed by atoms with E-state index in [0.29, 0.717) is 13.0 Å². The fraction of sp³-hybridized carbons (Fsp3) is 0.714. The van der Waals surface area contributed by atoms with E-state index in [-0.39, 0.29) is 24.8 Å². The molecule has 118 valence electrons. The SMILES string of the molecule is CC1C(=O)NC(=O)CN1C(=O)CCCNC(=O)C(C)(C)C. The maximum Gasteiger partial charge on any atom is 0.249 e. The average Bonchev–Trinajstić information content (AvgIpc) is 2.37. The van der Waals surface area contributed by atoms with Gasteiger partial charge in [-0.25, -0.2) is 0 Å². The van der Waals surface area contributed by atoms with E-state index in [1.54, 1.807) is 6.92 Å². The van der Waals surface area contributed by atoms with Gasteiger partial charge in [0.2, 0.25) is 23.6 Å². The Bertz CT molecular complexity index is 454. The molecule has 2 N–H and O–H groups in total. The van der Waals surface area contributed by atoms with Crippen LogP contribution in [0.5, 0.6) is 0 Å². The van der Waals surface area contributed by atoms with Crippen LogP contribution in [0, 0.1) is 5.41 Å². The minimum absolute atomic E-state index is 0.0733. The van der Waals surface area contributed by atoms with Crippen LogP contribution in [0.15, 0.2) is 0 Å². The summed E-state index contributed by atoms with van der Waals surface area (Å²) in [6.07, 6.45) is 0.662. The number of nitrogens with one attached hydrogen (secondary N) is 2. The quantitative estimate of drug-likeness (QED) is 0.555. The predicted octanol–water partition coefficient (Wildman–Crippen LogP) is -0.198. The first kappa shape index (κ1) is 17.1. The van der Waals surface area contributed by atoms with Gasteiger partial charge in [0.1, 0.15) is 12.6 Å². The highest BCUT2D eigenvalue weighted by atomic mass is 16.2. The molecule has 21 heavy (non-hydrogen) atoms. The highest BCUT2D eigenvalue weighted by Crippen LogP contribution is 2.12. The number of hydrogen-bond donors (Lipinski definition) is 2. The molecule has 1 heterocycles. The Labute approximate surface area is 124 Å². The van der Waals surface area contributed by atoms with E-state index in [0.717, 1.165) is 0 Å². The van der Waals surface area contributed by atoms with Gasteiger partial charge in [-0.3, -0.25) is 24.5 Å². The second-order valence-electron chi connectivity index (χ2n) is 6.22. The van der Waals surface area contributed by atoms with Crippen molar-refractivity contribution >= 4 is 23.6 Å². The van der Waals surface area contributed by atoms with Crippen LogP contribution >= 0.6 is 0 Å². The molecular weight excluding hydrogens is 274 g/mol. The molecule has 1 saturated heterocycles. The molecule has 0 aromatic rings. The van der Waals surface area contributed by atoms with Gasteiger partial charge >= 0.3 is 0 Å². The first-order valence-electron chi connectivity index (χ1n) is 7.04. The summed E-state index contributed by atoms with van der Waals surface area (Å²) in [6.45, 7) is 7.32. The van der Waals surface area contributed by atoms with Crippen molar-refractivity contribution in [2.75, 3.05) is 13.1 Å². The van der Waals surface area contributed by atoms with Crippen LogP contribution in [0.25, 0.3) is 0 Å². The van der Waals surface area contributed by atoms with E-state index in [2.05, 4.69) is 10.6 Å². The lowest BCUT2D eigenvalue weighted by molar-refractivity contribution is -0.149. The Morgan fingerprint density at radius 1 is 1.33 bits per heavy atom. The van der Waals surface area contributed by atoms with Crippen LogP contribution in [0.4, 0.5) is 0 Å². The number of imide groups is 1. The molecule has 1 atom stereocenters. The summed E-state index contributed by atoms with van der Waals surface area (Å²) in [5.74, 6) is -1.25. The zero-order valence-corrected chi connectivity index (χ0v) is 13.0. The smallest absolute Gasteiger partial charge is 0.249 e. The van der Waals surface area contributed by atoms with Gasteiger partial charge in [0.25, 0.3) is 0 Å². The van der Waals surface area contributed by atoms with Crippen LogP contribution in [-0.4, -0.2) is 47.7 Å². The summed E-state index contributed by atoms with van der Waals surface area (Å²) in [5, 5.41) is 4.94. The third kappa shape index (κ3) is 4.84. The first-order chi connectivity index (χ1) is 9.62. The molecule has 1 rings (SSSR count). The number of rotatable bonds is 4. The summed E-state index contributed by atoms with van der Waals surface area (Å²) >= 11 is 0. The maximum atomic E-state index is 12.0. The summed E-state index contributed by atoms with van der Waals surface area (Å²) in [7, 11) is 0. The molecule has 1 unspecified atom stereocenters. The number of amides is 4. The van der Waals surface area contributed by atoms with Gasteiger partial charge in [0.15, 0.2) is 0 Å². The molecule has 1 fully saturated rings. The standard InChI is InChI=1S/C14H23N3O4/c1-9-12(20)16-10(18)8-17(9)11(19)6-5-7-15-13(21)14(2,3)4/h9H,5-8H2,1-4H3,(H,15,21)(H,16,18,20). The molecule has 4 amide bonds. The topological polar surface area (TPSA) is 95.6 Å². The number of piperazine rings is 1. The van der Waals surface area contributed by atoms with Gasteiger partial charge in [0.05, 0.1) is 0 Å². The predicted molar refractivity (Wildman–Crippen MR) is 76.0 cm³/mol. The third-order valence-electron chi connectivity index (χ3n) is 3.28. The second kappa shape index (κ2) is 6.69. The van der Waals surface area contributed by atoms with Gasteiger partial charge in [-0.1, -0.05) is 20.8 Å². The number of carbonyl (C=O) groups excluding carboxylic acids is 4. The molecule has 0 radical (unpaired) electrons. The fourth-order valence-electron chi connectivity index (χ4n) is 1.87. The molecule has 0 saturated carbocycles. The van der Waals surface area contributed by atoms with E-state index in [9.17, 15) is 19.2 Å². The zero-order chi connectivity index (χ0) is 16.2. The highest BCUT2D eigenvalue weighted by molar-refractivity contribution is 6.04. The van der Waals surface area contributed by atoms with Crippen LogP contribution < -0.4 is 10.6 Å². The minimum Gasteiger partial charge on any atom is -0.356 e. The Morgan fingerprint density at radius 3 is 2.52 bits per heavy atom. The Morgan fingerprint density at radius 2 is 1.95 bits per heavy atom. The van der Waals surface area contributed by atoms with Crippen molar-refractivity contribution in [2.24, 2.45) is 5.41 Å². The van der Waals surface area contributed by atoms with Gasteiger partial charge in [-0.2, -0.15) is 0 Å². The number of nitrogens with zero attached hydrogens (tertiary/aromatic N) is 1. The molecule has 1 aliphatic rings. The number of hydrogen-bond acceptors (Lipinski definition) is 4. The van der Waals surface area contributed by atoms with E-state index < -0.39 is 23.3 Å². The fourth-order valence-corrected chi connectivity index (χ4v) is 1.87. The lowest BCUT2D eigenvalue weighted by Crippen LogP contribution is -2.58. The zero-order valence-electron chi connectivity index (χ0n) is 13.0. The van der Waals surface area contributed by atoms with Crippen molar-refractivity contribution in [3.63, 3.8) is 0 Å². The van der Waals surface area contributed by atoms with Gasteiger partial charge in [0, 0.05) is 18.4 Å². The highest BCUT2D eigenvalue weighted by Gasteiger charge is 2.33. The molecule has 7 nitrogen and oxygen atoms in total. The van der Waals surface area contributed by atoms with Crippen LogP contribution in [0.2, 0.25) is 0 Å². The van der Waals surface area contributed by atoms with Crippen molar-refractivity contribution in [2.45, 2.75) is 46.6 Å². The minimum atomic E-state index is -0.639. The first-order valence-corrected chi connectivity index (χ1v) is 7.04. The van der Waals surface area contributed by atoms with Crippen molar-refractivity contribution in [1.29, 1.82) is 0 Å². The van der Waals surface area contributed by atoms with Crippen molar-refractivity contribution < 1.29 is 19.2 Å². The van der Waals surface area contributed by atoms with E-state index in [1.807, 2.05) is 20.8 Å². The lowest BCUT2D eigenvalue weighted by atomic mass is 9.96. The van der Waals surface area contributed by atoms with Gasteiger partial charge in [-0.05, 0) is 13.3 Å².